The van der Waals surface area contributed by atoms with E-state index in [-0.39, 0.29) is 11.2 Å². The van der Waals surface area contributed by atoms with Crippen molar-refractivity contribution in [3.8, 4) is 5.75 Å². The molecule has 1 aliphatic rings. The first-order chi connectivity index (χ1) is 13.6. The number of carbonyl (C=O) groups is 1. The van der Waals surface area contributed by atoms with E-state index in [0.717, 1.165) is 36.0 Å². The van der Waals surface area contributed by atoms with Gasteiger partial charge in [-0.15, -0.1) is 10.2 Å². The average molecular weight is 404 g/mol. The molecule has 2 aromatic rings. The first-order valence-corrected chi connectivity index (χ1v) is 10.8. The first-order valence-electron chi connectivity index (χ1n) is 9.87. The van der Waals surface area contributed by atoms with E-state index in [0.29, 0.717) is 5.16 Å². The summed E-state index contributed by atoms with van der Waals surface area (Å²) in [6, 6.07) is 7.23. The molecule has 28 heavy (non-hydrogen) atoms. The van der Waals surface area contributed by atoms with Crippen LogP contribution < -0.4 is 15.9 Å². The zero-order valence-electron chi connectivity index (χ0n) is 16.6. The molecule has 3 N–H and O–H groups in total. The van der Waals surface area contributed by atoms with E-state index in [4.69, 9.17) is 10.6 Å². The van der Waals surface area contributed by atoms with Crippen LogP contribution in [-0.2, 0) is 11.2 Å². The molecule has 0 spiro atoms. The molecule has 0 bridgehead atoms. The molecule has 7 nitrogen and oxygen atoms in total. The smallest absolute Gasteiger partial charge is 0.237 e. The van der Waals surface area contributed by atoms with Crippen LogP contribution in [0.5, 0.6) is 5.75 Å². The van der Waals surface area contributed by atoms with Crippen molar-refractivity contribution in [2.45, 2.75) is 62.3 Å². The maximum Gasteiger partial charge on any atom is 0.237 e. The Hall–Kier alpha value is -2.22. The number of carbonyl (C=O) groups excluding carboxylic acids is 1. The summed E-state index contributed by atoms with van der Waals surface area (Å²) in [4.78, 5) is 12.5. The topological polar surface area (TPSA) is 95.1 Å². The number of benzene rings is 1. The standard InChI is InChI=1S/C20H29N5O2S/c1-14(19(26)22-16-9-11-17(27-2)12-10-16)28-20-24-23-18(25(20)21)13-8-15-6-4-3-5-7-15/h9-12,14-15H,3-8,13,21H2,1-2H3,(H,22,26)/t14-/m0/s1. The minimum absolute atomic E-state index is 0.109. The molecule has 1 fully saturated rings. The number of nitrogens with one attached hydrogen (secondary N) is 1. The van der Waals surface area contributed by atoms with Gasteiger partial charge >= 0.3 is 0 Å². The van der Waals surface area contributed by atoms with Gasteiger partial charge in [-0.1, -0.05) is 43.9 Å². The van der Waals surface area contributed by atoms with Gasteiger partial charge in [-0.05, 0) is 43.5 Å². The number of nitrogens with two attached hydrogens (primary N) is 1. The van der Waals surface area contributed by atoms with Gasteiger partial charge < -0.3 is 15.9 Å². The second-order valence-electron chi connectivity index (χ2n) is 7.29. The van der Waals surface area contributed by atoms with Gasteiger partial charge in [0, 0.05) is 12.1 Å². The largest absolute Gasteiger partial charge is 0.497 e. The summed E-state index contributed by atoms with van der Waals surface area (Å²) >= 11 is 1.32. The molecule has 1 amide bonds. The molecular formula is C20H29N5O2S. The van der Waals surface area contributed by atoms with Crippen molar-refractivity contribution >= 4 is 23.4 Å². The molecular weight excluding hydrogens is 374 g/mol. The van der Waals surface area contributed by atoms with Gasteiger partial charge in [0.15, 0.2) is 5.82 Å². The number of ether oxygens (including phenoxy) is 1. The third-order valence-corrected chi connectivity index (χ3v) is 6.30. The number of methoxy groups -OCH3 is 1. The zero-order chi connectivity index (χ0) is 19.9. The summed E-state index contributed by atoms with van der Waals surface area (Å²) in [7, 11) is 1.61. The maximum atomic E-state index is 12.5. The molecule has 0 aliphatic heterocycles. The molecule has 152 valence electrons. The number of aryl methyl sites for hydroxylation is 1. The van der Waals surface area contributed by atoms with Crippen LogP contribution in [0, 0.1) is 5.92 Å². The van der Waals surface area contributed by atoms with Gasteiger partial charge in [-0.2, -0.15) is 0 Å². The van der Waals surface area contributed by atoms with Gasteiger partial charge in [0.1, 0.15) is 5.75 Å². The number of thioether (sulfide) groups is 1. The molecule has 0 saturated heterocycles. The van der Waals surface area contributed by atoms with E-state index in [1.807, 2.05) is 31.2 Å². The summed E-state index contributed by atoms with van der Waals surface area (Å²) in [5, 5.41) is 11.5. The van der Waals surface area contributed by atoms with Crippen molar-refractivity contribution in [2.75, 3.05) is 18.3 Å². The van der Waals surface area contributed by atoms with Crippen LogP contribution >= 0.6 is 11.8 Å². The minimum Gasteiger partial charge on any atom is -0.497 e. The molecule has 1 aromatic heterocycles. The van der Waals surface area contributed by atoms with Crippen LogP contribution in [0.2, 0.25) is 0 Å². The second-order valence-corrected chi connectivity index (χ2v) is 8.60. The van der Waals surface area contributed by atoms with Crippen molar-refractivity contribution < 1.29 is 9.53 Å². The summed E-state index contributed by atoms with van der Waals surface area (Å²) in [5.41, 5.74) is 0.723. The van der Waals surface area contributed by atoms with Gasteiger partial charge in [0.05, 0.1) is 12.4 Å². The summed E-state index contributed by atoms with van der Waals surface area (Å²) < 4.78 is 6.66. The van der Waals surface area contributed by atoms with Crippen LogP contribution in [0.15, 0.2) is 29.4 Å². The van der Waals surface area contributed by atoms with Crippen molar-refractivity contribution in [2.24, 2.45) is 5.92 Å². The van der Waals surface area contributed by atoms with Crippen LogP contribution in [-0.4, -0.2) is 33.1 Å². The highest BCUT2D eigenvalue weighted by molar-refractivity contribution is 8.00. The Balaban J connectivity index is 1.52. The van der Waals surface area contributed by atoms with Gasteiger partial charge in [0.2, 0.25) is 11.1 Å². The van der Waals surface area contributed by atoms with Gasteiger partial charge in [-0.25, -0.2) is 4.68 Å². The molecule has 3 rings (SSSR count). The fourth-order valence-corrected chi connectivity index (χ4v) is 4.29. The zero-order valence-corrected chi connectivity index (χ0v) is 17.4. The molecule has 0 unspecified atom stereocenters. The Morgan fingerprint density at radius 2 is 2.00 bits per heavy atom. The lowest BCUT2D eigenvalue weighted by Gasteiger charge is -2.20. The Morgan fingerprint density at radius 1 is 1.29 bits per heavy atom. The summed E-state index contributed by atoms with van der Waals surface area (Å²) in [6.07, 6.45) is 8.59. The normalized spacial score (nSPS) is 15.9. The van der Waals surface area contributed by atoms with Crippen LogP contribution in [0.1, 0.15) is 51.3 Å². The van der Waals surface area contributed by atoms with E-state index < -0.39 is 0 Å². The summed E-state index contributed by atoms with van der Waals surface area (Å²) in [5.74, 6) is 8.38. The number of hydrogen-bond donors (Lipinski definition) is 2. The van der Waals surface area contributed by atoms with Crippen molar-refractivity contribution in [3.05, 3.63) is 30.1 Å². The van der Waals surface area contributed by atoms with Gasteiger partial charge in [-0.3, -0.25) is 4.79 Å². The number of hydrogen-bond acceptors (Lipinski definition) is 6. The molecule has 8 heteroatoms. The van der Waals surface area contributed by atoms with Crippen molar-refractivity contribution in [1.29, 1.82) is 0 Å². The lowest BCUT2D eigenvalue weighted by Crippen LogP contribution is -2.24. The van der Waals surface area contributed by atoms with E-state index in [9.17, 15) is 4.79 Å². The van der Waals surface area contributed by atoms with Crippen LogP contribution in [0.4, 0.5) is 5.69 Å². The minimum atomic E-state index is -0.347. The van der Waals surface area contributed by atoms with Crippen molar-refractivity contribution in [1.82, 2.24) is 14.9 Å². The Labute approximate surface area is 170 Å². The predicted octanol–water partition coefficient (Wildman–Crippen LogP) is 3.63. The monoisotopic (exact) mass is 403 g/mol. The van der Waals surface area contributed by atoms with E-state index in [2.05, 4.69) is 15.5 Å². The maximum absolute atomic E-state index is 12.5. The van der Waals surface area contributed by atoms with Crippen molar-refractivity contribution in [3.63, 3.8) is 0 Å². The molecule has 1 aliphatic carbocycles. The highest BCUT2D eigenvalue weighted by Crippen LogP contribution is 2.28. The number of anilines is 1. The van der Waals surface area contributed by atoms with Crippen LogP contribution in [0.3, 0.4) is 0 Å². The van der Waals surface area contributed by atoms with E-state index in [1.54, 1.807) is 7.11 Å². The molecule has 0 radical (unpaired) electrons. The average Bonchev–Trinajstić information content (AvgIpc) is 3.07. The number of nitrogens with zero attached hydrogens (tertiary/aromatic N) is 3. The number of amides is 1. The van der Waals surface area contributed by atoms with E-state index in [1.165, 1.54) is 48.5 Å². The van der Waals surface area contributed by atoms with Crippen LogP contribution in [0.25, 0.3) is 0 Å². The predicted molar refractivity (Wildman–Crippen MR) is 112 cm³/mol. The third-order valence-electron chi connectivity index (χ3n) is 5.25. The Kier molecular flexibility index (Phi) is 7.19. The lowest BCUT2D eigenvalue weighted by molar-refractivity contribution is -0.115. The number of rotatable bonds is 8. The quantitative estimate of drug-likeness (QED) is 0.516. The summed E-state index contributed by atoms with van der Waals surface area (Å²) in [6.45, 7) is 1.83. The first kappa shape index (κ1) is 20.5. The lowest BCUT2D eigenvalue weighted by atomic mass is 9.86. The molecule has 1 saturated carbocycles. The second kappa shape index (κ2) is 9.82. The molecule has 1 atom stereocenters. The Morgan fingerprint density at radius 3 is 2.68 bits per heavy atom. The SMILES string of the molecule is COc1ccc(NC(=O)[C@H](C)Sc2nnc(CCC3CCCCC3)n2N)cc1. The fourth-order valence-electron chi connectivity index (χ4n) is 3.50. The highest BCUT2D eigenvalue weighted by Gasteiger charge is 2.20. The number of nitrogen functional groups attached to an aromatic ring is 1. The Bertz CT molecular complexity index is 771. The van der Waals surface area contributed by atoms with Gasteiger partial charge in [0.25, 0.3) is 0 Å². The molecule has 1 aromatic carbocycles. The van der Waals surface area contributed by atoms with E-state index >= 15 is 0 Å². The highest BCUT2D eigenvalue weighted by atomic mass is 32.2. The third kappa shape index (κ3) is 5.41. The number of aromatic nitrogens is 3. The fraction of sp³-hybridized carbons (Fsp3) is 0.550. The molecule has 1 heterocycles.